The van der Waals surface area contributed by atoms with Crippen LogP contribution in [0.5, 0.6) is 0 Å². The van der Waals surface area contributed by atoms with Gasteiger partial charge in [0.1, 0.15) is 6.04 Å². The predicted molar refractivity (Wildman–Crippen MR) is 72.5 cm³/mol. The number of carbonyl (C=O) groups is 2. The van der Waals surface area contributed by atoms with Crippen LogP contribution in [0.4, 0.5) is 0 Å². The molecule has 1 rings (SSSR count). The van der Waals surface area contributed by atoms with Crippen molar-refractivity contribution in [1.29, 1.82) is 0 Å². The van der Waals surface area contributed by atoms with Gasteiger partial charge in [-0.1, -0.05) is 13.8 Å². The van der Waals surface area contributed by atoms with Crippen LogP contribution < -0.4 is 11.1 Å². The second-order valence-electron chi connectivity index (χ2n) is 5.15. The Kier molecular flexibility index (Phi) is 5.75. The Morgan fingerprint density at radius 1 is 1.47 bits per heavy atom. The van der Waals surface area contributed by atoms with Gasteiger partial charge in [-0.25, -0.2) is 0 Å². The highest BCUT2D eigenvalue weighted by atomic mass is 16.5. The topological polar surface area (TPSA) is 84.7 Å². The van der Waals surface area contributed by atoms with E-state index < -0.39 is 11.6 Å². The number of ether oxygens (including phenoxy) is 1. The average molecular weight is 271 g/mol. The SMILES string of the molecule is CCCNC(=O)C1COCCN1C(=O)C(C)(N)CC. The molecule has 1 heterocycles. The van der Waals surface area contributed by atoms with Gasteiger partial charge in [-0.2, -0.15) is 0 Å². The lowest BCUT2D eigenvalue weighted by atomic mass is 9.97. The maximum Gasteiger partial charge on any atom is 0.245 e. The smallest absolute Gasteiger partial charge is 0.245 e. The summed E-state index contributed by atoms with van der Waals surface area (Å²) < 4.78 is 5.31. The van der Waals surface area contributed by atoms with Gasteiger partial charge >= 0.3 is 0 Å². The molecule has 1 saturated heterocycles. The maximum atomic E-state index is 12.4. The summed E-state index contributed by atoms with van der Waals surface area (Å²) in [4.78, 5) is 26.0. The second kappa shape index (κ2) is 6.86. The van der Waals surface area contributed by atoms with E-state index >= 15 is 0 Å². The molecule has 1 fully saturated rings. The number of hydrogen-bond donors (Lipinski definition) is 2. The number of amides is 2. The molecule has 0 aromatic carbocycles. The van der Waals surface area contributed by atoms with Gasteiger partial charge in [0.2, 0.25) is 11.8 Å². The number of rotatable bonds is 5. The van der Waals surface area contributed by atoms with Gasteiger partial charge in [0.25, 0.3) is 0 Å². The summed E-state index contributed by atoms with van der Waals surface area (Å²) in [5, 5.41) is 2.80. The minimum Gasteiger partial charge on any atom is -0.377 e. The van der Waals surface area contributed by atoms with Crippen LogP contribution in [0.15, 0.2) is 0 Å². The fraction of sp³-hybridized carbons (Fsp3) is 0.846. The number of hydrogen-bond acceptors (Lipinski definition) is 4. The predicted octanol–water partition coefficient (Wildman–Crippen LogP) is -0.133. The molecule has 0 aromatic heterocycles. The van der Waals surface area contributed by atoms with Gasteiger partial charge in [0.15, 0.2) is 0 Å². The molecule has 0 radical (unpaired) electrons. The Morgan fingerprint density at radius 3 is 2.74 bits per heavy atom. The van der Waals surface area contributed by atoms with Crippen molar-refractivity contribution in [3.05, 3.63) is 0 Å². The van der Waals surface area contributed by atoms with Crippen molar-refractivity contribution in [3.63, 3.8) is 0 Å². The highest BCUT2D eigenvalue weighted by Gasteiger charge is 2.39. The van der Waals surface area contributed by atoms with Gasteiger partial charge in [0, 0.05) is 13.1 Å². The molecule has 0 aliphatic carbocycles. The first-order valence-electron chi connectivity index (χ1n) is 6.89. The summed E-state index contributed by atoms with van der Waals surface area (Å²) in [6, 6.07) is -0.567. The molecule has 6 heteroatoms. The van der Waals surface area contributed by atoms with E-state index in [2.05, 4.69) is 5.32 Å². The minimum atomic E-state index is -0.930. The molecule has 19 heavy (non-hydrogen) atoms. The molecule has 0 saturated carbocycles. The van der Waals surface area contributed by atoms with Crippen LogP contribution in [0, 0.1) is 0 Å². The first kappa shape index (κ1) is 15.9. The van der Waals surface area contributed by atoms with Crippen LogP contribution >= 0.6 is 0 Å². The highest BCUT2D eigenvalue weighted by Crippen LogP contribution is 2.15. The Labute approximate surface area is 114 Å². The van der Waals surface area contributed by atoms with Crippen LogP contribution in [0.25, 0.3) is 0 Å². The molecule has 110 valence electrons. The number of nitrogens with two attached hydrogens (primary N) is 1. The van der Waals surface area contributed by atoms with E-state index in [-0.39, 0.29) is 18.4 Å². The summed E-state index contributed by atoms with van der Waals surface area (Å²) in [5.41, 5.74) is 5.06. The van der Waals surface area contributed by atoms with Crippen molar-refractivity contribution in [3.8, 4) is 0 Å². The Hall–Kier alpha value is -1.14. The van der Waals surface area contributed by atoms with E-state index in [1.807, 2.05) is 13.8 Å². The largest absolute Gasteiger partial charge is 0.377 e. The van der Waals surface area contributed by atoms with Crippen LogP contribution in [-0.2, 0) is 14.3 Å². The number of nitrogens with zero attached hydrogens (tertiary/aromatic N) is 1. The minimum absolute atomic E-state index is 0.165. The number of morpholine rings is 1. The average Bonchev–Trinajstić information content (AvgIpc) is 2.43. The third kappa shape index (κ3) is 3.91. The zero-order valence-corrected chi connectivity index (χ0v) is 12.1. The Morgan fingerprint density at radius 2 is 2.16 bits per heavy atom. The van der Waals surface area contributed by atoms with Gasteiger partial charge in [-0.3, -0.25) is 9.59 Å². The standard InChI is InChI=1S/C13H25N3O3/c1-4-6-15-11(17)10-9-19-8-7-16(10)12(18)13(3,14)5-2/h10H,4-9,14H2,1-3H3,(H,15,17). The van der Waals surface area contributed by atoms with E-state index in [0.29, 0.717) is 26.1 Å². The van der Waals surface area contributed by atoms with E-state index in [1.54, 1.807) is 11.8 Å². The fourth-order valence-corrected chi connectivity index (χ4v) is 1.91. The normalized spacial score (nSPS) is 22.7. The third-order valence-corrected chi connectivity index (χ3v) is 3.46. The van der Waals surface area contributed by atoms with Crippen LogP contribution in [-0.4, -0.2) is 54.6 Å². The summed E-state index contributed by atoms with van der Waals surface area (Å²) >= 11 is 0. The number of nitrogens with one attached hydrogen (secondary N) is 1. The van der Waals surface area contributed by atoms with Gasteiger partial charge in [-0.05, 0) is 19.8 Å². The molecular weight excluding hydrogens is 246 g/mol. The van der Waals surface area contributed by atoms with Crippen LogP contribution in [0.3, 0.4) is 0 Å². The van der Waals surface area contributed by atoms with Gasteiger partial charge in [0.05, 0.1) is 18.8 Å². The van der Waals surface area contributed by atoms with Gasteiger partial charge in [-0.15, -0.1) is 0 Å². The highest BCUT2D eigenvalue weighted by molar-refractivity contribution is 5.92. The number of carbonyl (C=O) groups excluding carboxylic acids is 2. The van der Waals surface area contributed by atoms with Crippen molar-refractivity contribution in [2.75, 3.05) is 26.3 Å². The third-order valence-electron chi connectivity index (χ3n) is 3.46. The molecule has 6 nitrogen and oxygen atoms in total. The summed E-state index contributed by atoms with van der Waals surface area (Å²) in [5.74, 6) is -0.350. The lowest BCUT2D eigenvalue weighted by molar-refractivity contribution is -0.152. The zero-order chi connectivity index (χ0) is 14.5. The quantitative estimate of drug-likeness (QED) is 0.729. The van der Waals surface area contributed by atoms with Crippen molar-refractivity contribution < 1.29 is 14.3 Å². The molecule has 2 unspecified atom stereocenters. The molecule has 1 aliphatic rings. The van der Waals surface area contributed by atoms with E-state index in [0.717, 1.165) is 6.42 Å². The summed E-state index contributed by atoms with van der Waals surface area (Å²) in [6.45, 7) is 7.25. The molecule has 2 atom stereocenters. The monoisotopic (exact) mass is 271 g/mol. The molecule has 0 spiro atoms. The summed E-state index contributed by atoms with van der Waals surface area (Å²) in [6.07, 6.45) is 1.39. The fourth-order valence-electron chi connectivity index (χ4n) is 1.91. The molecule has 3 N–H and O–H groups in total. The zero-order valence-electron chi connectivity index (χ0n) is 12.1. The molecule has 1 aliphatic heterocycles. The lowest BCUT2D eigenvalue weighted by Crippen LogP contribution is -2.62. The molecule has 0 aromatic rings. The van der Waals surface area contributed by atoms with E-state index in [9.17, 15) is 9.59 Å². The van der Waals surface area contributed by atoms with Crippen molar-refractivity contribution in [2.45, 2.75) is 45.2 Å². The van der Waals surface area contributed by atoms with Gasteiger partial charge < -0.3 is 20.7 Å². The maximum absolute atomic E-state index is 12.4. The first-order valence-corrected chi connectivity index (χ1v) is 6.89. The van der Waals surface area contributed by atoms with E-state index in [1.165, 1.54) is 0 Å². The molecular formula is C13H25N3O3. The van der Waals surface area contributed by atoms with Crippen molar-refractivity contribution >= 4 is 11.8 Å². The summed E-state index contributed by atoms with van der Waals surface area (Å²) in [7, 11) is 0. The van der Waals surface area contributed by atoms with Crippen molar-refractivity contribution in [1.82, 2.24) is 10.2 Å². The lowest BCUT2D eigenvalue weighted by Gasteiger charge is -2.38. The Balaban J connectivity index is 2.77. The van der Waals surface area contributed by atoms with Crippen LogP contribution in [0.1, 0.15) is 33.6 Å². The van der Waals surface area contributed by atoms with E-state index in [4.69, 9.17) is 10.5 Å². The molecule has 2 amide bonds. The first-order chi connectivity index (χ1) is 8.94. The molecule has 0 bridgehead atoms. The van der Waals surface area contributed by atoms with Crippen molar-refractivity contribution in [2.24, 2.45) is 5.73 Å². The Bertz CT molecular complexity index is 331. The van der Waals surface area contributed by atoms with Crippen LogP contribution in [0.2, 0.25) is 0 Å². The second-order valence-corrected chi connectivity index (χ2v) is 5.15.